The Morgan fingerprint density at radius 2 is 0.983 bits per heavy atom. The molecule has 0 saturated carbocycles. The van der Waals surface area contributed by atoms with Gasteiger partial charge in [0.1, 0.15) is 24.4 Å². The summed E-state index contributed by atoms with van der Waals surface area (Å²) in [6.07, 6.45) is 40.4. The SMILES string of the molecule is CC/C=C\C/C=C\C/C=C\CCCCCCCC(=O)OCC(COC(=O)CCCCCCC/C=C\C/C=C\C/C=C\CC)CO[C@@H]1O[C@H](COCCCC)[C@H](O)[C@H](O)[C@H]1O. The van der Waals surface area contributed by atoms with Crippen LogP contribution in [0.3, 0.4) is 0 Å². The van der Waals surface area contributed by atoms with Crippen molar-refractivity contribution >= 4 is 11.9 Å². The van der Waals surface area contributed by atoms with E-state index in [1.54, 1.807) is 0 Å². The van der Waals surface area contributed by atoms with Crippen molar-refractivity contribution in [1.82, 2.24) is 0 Å². The number of hydrogen-bond donors (Lipinski definition) is 3. The highest BCUT2D eigenvalue weighted by atomic mass is 16.7. The molecule has 0 unspecified atom stereocenters. The lowest BCUT2D eigenvalue weighted by Gasteiger charge is -2.40. The average molecular weight is 845 g/mol. The molecule has 3 N–H and O–H groups in total. The molecule has 10 nitrogen and oxygen atoms in total. The number of allylic oxidation sites excluding steroid dienone is 12. The molecule has 0 aromatic carbocycles. The molecule has 0 bridgehead atoms. The van der Waals surface area contributed by atoms with Crippen molar-refractivity contribution in [2.24, 2.45) is 5.92 Å². The van der Waals surface area contributed by atoms with Crippen molar-refractivity contribution in [2.75, 3.05) is 33.0 Å². The highest BCUT2D eigenvalue weighted by molar-refractivity contribution is 5.69. The van der Waals surface area contributed by atoms with Gasteiger partial charge in [-0.1, -0.05) is 139 Å². The van der Waals surface area contributed by atoms with Gasteiger partial charge in [0, 0.05) is 19.4 Å². The van der Waals surface area contributed by atoms with E-state index in [2.05, 4.69) is 86.8 Å². The van der Waals surface area contributed by atoms with E-state index in [-0.39, 0.29) is 38.4 Å². The first kappa shape index (κ1) is 55.2. The van der Waals surface area contributed by atoms with Crippen LogP contribution < -0.4 is 0 Å². The van der Waals surface area contributed by atoms with Crippen molar-refractivity contribution in [3.8, 4) is 0 Å². The lowest BCUT2D eigenvalue weighted by molar-refractivity contribution is -0.305. The van der Waals surface area contributed by atoms with E-state index in [0.29, 0.717) is 19.4 Å². The molecule has 1 fully saturated rings. The number of rotatable bonds is 38. The topological polar surface area (TPSA) is 141 Å². The van der Waals surface area contributed by atoms with Gasteiger partial charge < -0.3 is 39.0 Å². The lowest BCUT2D eigenvalue weighted by atomic mass is 9.99. The smallest absolute Gasteiger partial charge is 0.305 e. The van der Waals surface area contributed by atoms with Crippen molar-refractivity contribution in [2.45, 2.75) is 193 Å². The normalized spacial score (nSPS) is 20.1. The summed E-state index contributed by atoms with van der Waals surface area (Å²) in [6.45, 7) is 6.67. The Balaban J connectivity index is 2.48. The van der Waals surface area contributed by atoms with Crippen molar-refractivity contribution in [1.29, 1.82) is 0 Å². The van der Waals surface area contributed by atoms with Crippen LogP contribution in [0.4, 0.5) is 0 Å². The van der Waals surface area contributed by atoms with Crippen LogP contribution in [0.25, 0.3) is 0 Å². The Bertz CT molecular complexity index is 1140. The Kier molecular flexibility index (Phi) is 37.0. The third kappa shape index (κ3) is 31.1. The highest BCUT2D eigenvalue weighted by Crippen LogP contribution is 2.23. The van der Waals surface area contributed by atoms with Crippen LogP contribution in [0.5, 0.6) is 0 Å². The molecule has 1 saturated heterocycles. The van der Waals surface area contributed by atoms with Gasteiger partial charge in [0.2, 0.25) is 0 Å². The molecule has 10 heteroatoms. The minimum Gasteiger partial charge on any atom is -0.465 e. The first-order valence-corrected chi connectivity index (χ1v) is 23.4. The van der Waals surface area contributed by atoms with Gasteiger partial charge in [0.15, 0.2) is 6.29 Å². The lowest BCUT2D eigenvalue weighted by Crippen LogP contribution is -2.59. The van der Waals surface area contributed by atoms with E-state index in [4.69, 9.17) is 23.7 Å². The molecule has 0 radical (unpaired) electrons. The predicted octanol–water partition coefficient (Wildman–Crippen LogP) is 10.5. The fourth-order valence-corrected chi connectivity index (χ4v) is 6.36. The number of carbonyl (C=O) groups excluding carboxylic acids is 2. The second kappa shape index (κ2) is 40.2. The summed E-state index contributed by atoms with van der Waals surface area (Å²) in [6, 6.07) is 0. The van der Waals surface area contributed by atoms with Crippen molar-refractivity contribution < 1.29 is 48.6 Å². The van der Waals surface area contributed by atoms with Gasteiger partial charge >= 0.3 is 11.9 Å². The second-order valence-corrected chi connectivity index (χ2v) is 15.7. The zero-order valence-corrected chi connectivity index (χ0v) is 37.7. The number of ether oxygens (including phenoxy) is 5. The molecule has 1 rings (SSSR count). The van der Waals surface area contributed by atoms with Gasteiger partial charge in [-0.25, -0.2) is 0 Å². The summed E-state index contributed by atoms with van der Waals surface area (Å²) in [5.74, 6) is -1.18. The summed E-state index contributed by atoms with van der Waals surface area (Å²) < 4.78 is 28.5. The largest absolute Gasteiger partial charge is 0.465 e. The first-order chi connectivity index (χ1) is 29.3. The minimum absolute atomic E-state index is 0.0302. The number of unbranched alkanes of at least 4 members (excludes halogenated alkanes) is 11. The van der Waals surface area contributed by atoms with E-state index in [0.717, 1.165) is 128 Å². The molecule has 5 atom stereocenters. The Labute approximate surface area is 364 Å². The number of esters is 2. The fraction of sp³-hybridized carbons (Fsp3) is 0.720. The van der Waals surface area contributed by atoms with Gasteiger partial charge in [-0.2, -0.15) is 0 Å². The summed E-state index contributed by atoms with van der Waals surface area (Å²) >= 11 is 0. The molecule has 1 aliphatic heterocycles. The summed E-state index contributed by atoms with van der Waals surface area (Å²) in [5, 5.41) is 31.6. The number of aliphatic hydroxyl groups excluding tert-OH is 3. The van der Waals surface area contributed by atoms with Crippen LogP contribution in [0.1, 0.15) is 162 Å². The maximum absolute atomic E-state index is 12.7. The molecule has 0 aliphatic carbocycles. The first-order valence-electron chi connectivity index (χ1n) is 23.4. The molecule has 60 heavy (non-hydrogen) atoms. The van der Waals surface area contributed by atoms with Crippen LogP contribution in [0.15, 0.2) is 72.9 Å². The third-order valence-electron chi connectivity index (χ3n) is 10.1. The predicted molar refractivity (Wildman–Crippen MR) is 242 cm³/mol. The van der Waals surface area contributed by atoms with Gasteiger partial charge in [-0.15, -0.1) is 0 Å². The maximum Gasteiger partial charge on any atom is 0.305 e. The summed E-state index contributed by atoms with van der Waals surface area (Å²) in [5.41, 5.74) is 0. The molecule has 344 valence electrons. The Hall–Kier alpha value is -2.86. The number of aliphatic hydroxyl groups is 3. The van der Waals surface area contributed by atoms with Crippen LogP contribution in [0, 0.1) is 5.92 Å². The minimum atomic E-state index is -1.51. The standard InChI is InChI=1S/C50H84O10/c1-4-7-10-12-14-16-18-20-22-24-26-28-30-32-34-36-45(51)57-39-43(41-59-50-49(55)48(54)47(53)44(60-50)42-56-38-9-6-3)40-58-46(52)37-35-33-31-29-27-25-23-21-19-17-15-13-11-8-5-2/h7-8,10-11,14-17,20-23,43-44,47-50,53-55H,4-6,9,12-13,18-19,24-42H2,1-3H3/b10-7-,11-8-,16-14-,17-15-,22-20-,23-21-/t44-,47+,48+,49-,50-/m1/s1. The van der Waals surface area contributed by atoms with Crippen LogP contribution >= 0.6 is 0 Å². The maximum atomic E-state index is 12.7. The number of carbonyl (C=O) groups is 2. The second-order valence-electron chi connectivity index (χ2n) is 15.7. The monoisotopic (exact) mass is 845 g/mol. The van der Waals surface area contributed by atoms with Crippen LogP contribution in [-0.4, -0.2) is 91.0 Å². The Morgan fingerprint density at radius 1 is 0.533 bits per heavy atom. The molecule has 1 aliphatic rings. The van der Waals surface area contributed by atoms with Crippen molar-refractivity contribution in [3.63, 3.8) is 0 Å². The van der Waals surface area contributed by atoms with Gasteiger partial charge in [0.05, 0.1) is 32.3 Å². The third-order valence-corrected chi connectivity index (χ3v) is 10.1. The molecule has 1 heterocycles. The molecular formula is C50H84O10. The van der Waals surface area contributed by atoms with E-state index < -0.39 is 36.6 Å². The van der Waals surface area contributed by atoms with E-state index in [1.807, 2.05) is 6.92 Å². The quantitative estimate of drug-likeness (QED) is 0.0312. The molecule has 0 aromatic rings. The summed E-state index contributed by atoms with van der Waals surface area (Å²) in [7, 11) is 0. The van der Waals surface area contributed by atoms with Gasteiger partial charge in [0.25, 0.3) is 0 Å². The number of hydrogen-bond acceptors (Lipinski definition) is 10. The molecule has 0 amide bonds. The van der Waals surface area contributed by atoms with E-state index in [9.17, 15) is 24.9 Å². The molecule has 0 aromatic heterocycles. The highest BCUT2D eigenvalue weighted by Gasteiger charge is 2.44. The van der Waals surface area contributed by atoms with Crippen LogP contribution in [0.2, 0.25) is 0 Å². The van der Waals surface area contributed by atoms with Gasteiger partial charge in [-0.05, 0) is 83.5 Å². The van der Waals surface area contributed by atoms with E-state index >= 15 is 0 Å². The molecule has 0 spiro atoms. The zero-order valence-electron chi connectivity index (χ0n) is 37.7. The summed E-state index contributed by atoms with van der Waals surface area (Å²) in [4.78, 5) is 25.4. The zero-order chi connectivity index (χ0) is 43.7. The van der Waals surface area contributed by atoms with Crippen molar-refractivity contribution in [3.05, 3.63) is 72.9 Å². The fourth-order valence-electron chi connectivity index (χ4n) is 6.36. The average Bonchev–Trinajstić information content (AvgIpc) is 3.25. The van der Waals surface area contributed by atoms with Gasteiger partial charge in [-0.3, -0.25) is 9.59 Å². The van der Waals surface area contributed by atoms with E-state index in [1.165, 1.54) is 0 Å². The molecular weight excluding hydrogens is 761 g/mol. The Morgan fingerprint density at radius 3 is 1.47 bits per heavy atom. The van der Waals surface area contributed by atoms with Crippen LogP contribution in [-0.2, 0) is 33.3 Å².